The molecule has 1 unspecified atom stereocenters. The summed E-state index contributed by atoms with van der Waals surface area (Å²) in [5, 5.41) is 5.65. The monoisotopic (exact) mass is 227 g/mol. The second kappa shape index (κ2) is 7.85. The molecule has 0 radical (unpaired) electrons. The van der Waals surface area contributed by atoms with E-state index in [2.05, 4.69) is 29.8 Å². The second-order valence-corrected chi connectivity index (χ2v) is 4.69. The highest BCUT2D eigenvalue weighted by Gasteiger charge is 2.07. The maximum absolute atomic E-state index is 5.12. The summed E-state index contributed by atoms with van der Waals surface area (Å²) in [6, 6.07) is 4.93. The van der Waals surface area contributed by atoms with Crippen LogP contribution in [0, 0.1) is 0 Å². The summed E-state index contributed by atoms with van der Waals surface area (Å²) in [5.41, 5.74) is 0. The molecule has 0 spiro atoms. The largest absolute Gasteiger partial charge is 0.385 e. The Morgan fingerprint density at radius 2 is 2.33 bits per heavy atom. The first-order valence-corrected chi connectivity index (χ1v) is 6.49. The van der Waals surface area contributed by atoms with Crippen LogP contribution in [0.1, 0.15) is 24.6 Å². The molecule has 0 aliphatic rings. The van der Waals surface area contributed by atoms with Crippen molar-refractivity contribution < 1.29 is 4.74 Å². The van der Waals surface area contributed by atoms with Crippen LogP contribution in [0.2, 0.25) is 0 Å². The Bertz CT molecular complexity index is 236. The molecule has 2 nitrogen and oxygen atoms in total. The quantitative estimate of drug-likeness (QED) is 0.737. The molecule has 1 aromatic heterocycles. The Morgan fingerprint density at radius 3 is 2.93 bits per heavy atom. The summed E-state index contributed by atoms with van der Waals surface area (Å²) in [6.45, 7) is 4.05. The molecular formula is C12H21NOS. The van der Waals surface area contributed by atoms with Crippen molar-refractivity contribution in [2.45, 2.75) is 32.2 Å². The van der Waals surface area contributed by atoms with Crippen molar-refractivity contribution in [1.29, 1.82) is 0 Å². The highest BCUT2D eigenvalue weighted by Crippen LogP contribution is 2.13. The maximum atomic E-state index is 5.12. The van der Waals surface area contributed by atoms with Gasteiger partial charge in [0.25, 0.3) is 0 Å². The van der Waals surface area contributed by atoms with Crippen molar-refractivity contribution in [3.63, 3.8) is 0 Å². The van der Waals surface area contributed by atoms with E-state index in [9.17, 15) is 0 Å². The van der Waals surface area contributed by atoms with Crippen molar-refractivity contribution in [2.75, 3.05) is 20.3 Å². The predicted molar refractivity (Wildman–Crippen MR) is 66.6 cm³/mol. The molecule has 0 bridgehead atoms. The Labute approximate surface area is 96.7 Å². The topological polar surface area (TPSA) is 21.3 Å². The highest BCUT2D eigenvalue weighted by molar-refractivity contribution is 7.09. The van der Waals surface area contributed by atoms with E-state index in [0.717, 1.165) is 19.6 Å². The molecule has 1 N–H and O–H groups in total. The van der Waals surface area contributed by atoms with E-state index in [1.54, 1.807) is 7.11 Å². The van der Waals surface area contributed by atoms with E-state index >= 15 is 0 Å². The molecule has 0 saturated heterocycles. The average molecular weight is 227 g/mol. The van der Waals surface area contributed by atoms with Crippen molar-refractivity contribution in [3.8, 4) is 0 Å². The van der Waals surface area contributed by atoms with E-state index in [1.165, 1.54) is 17.7 Å². The van der Waals surface area contributed by atoms with Crippen LogP contribution in [0.25, 0.3) is 0 Å². The normalized spacial score (nSPS) is 12.9. The summed E-state index contributed by atoms with van der Waals surface area (Å²) in [7, 11) is 1.77. The van der Waals surface area contributed by atoms with Gasteiger partial charge in [0.1, 0.15) is 0 Å². The second-order valence-electron chi connectivity index (χ2n) is 3.65. The molecule has 1 rings (SSSR count). The van der Waals surface area contributed by atoms with Crippen LogP contribution in [0.4, 0.5) is 0 Å². The van der Waals surface area contributed by atoms with Gasteiger partial charge in [-0.3, -0.25) is 0 Å². The summed E-state index contributed by atoms with van der Waals surface area (Å²) in [6.07, 6.45) is 3.49. The molecule has 0 amide bonds. The van der Waals surface area contributed by atoms with Crippen molar-refractivity contribution in [2.24, 2.45) is 0 Å². The molecular weight excluding hydrogens is 206 g/mol. The zero-order chi connectivity index (χ0) is 10.9. The lowest BCUT2D eigenvalue weighted by atomic mass is 10.1. The average Bonchev–Trinajstić information content (AvgIpc) is 2.75. The van der Waals surface area contributed by atoms with Gasteiger partial charge in [-0.25, -0.2) is 0 Å². The van der Waals surface area contributed by atoms with Crippen molar-refractivity contribution in [3.05, 3.63) is 22.4 Å². The Balaban J connectivity index is 2.24. The molecule has 0 saturated carbocycles. The number of methoxy groups -OCH3 is 1. The van der Waals surface area contributed by atoms with Crippen LogP contribution >= 0.6 is 11.3 Å². The van der Waals surface area contributed by atoms with E-state index in [1.807, 2.05) is 11.3 Å². The zero-order valence-electron chi connectivity index (χ0n) is 9.66. The fourth-order valence-electron chi connectivity index (χ4n) is 1.67. The fourth-order valence-corrected chi connectivity index (χ4v) is 2.39. The first kappa shape index (κ1) is 12.7. The minimum atomic E-state index is 0.594. The van der Waals surface area contributed by atoms with Crippen LogP contribution in [-0.4, -0.2) is 26.3 Å². The van der Waals surface area contributed by atoms with Crippen molar-refractivity contribution >= 4 is 11.3 Å². The number of hydrogen-bond donors (Lipinski definition) is 1. The van der Waals surface area contributed by atoms with Crippen LogP contribution in [0.15, 0.2) is 17.5 Å². The van der Waals surface area contributed by atoms with Gasteiger partial charge in [0.2, 0.25) is 0 Å². The Kier molecular flexibility index (Phi) is 6.64. The van der Waals surface area contributed by atoms with E-state index in [4.69, 9.17) is 4.74 Å². The first-order valence-electron chi connectivity index (χ1n) is 5.61. The van der Waals surface area contributed by atoms with Crippen LogP contribution in [-0.2, 0) is 11.2 Å². The van der Waals surface area contributed by atoms with Crippen LogP contribution in [0.5, 0.6) is 0 Å². The third-order valence-corrected chi connectivity index (χ3v) is 3.42. The molecule has 0 aliphatic heterocycles. The number of rotatable bonds is 8. The lowest BCUT2D eigenvalue weighted by Gasteiger charge is -2.16. The number of thiophene rings is 1. The van der Waals surface area contributed by atoms with Gasteiger partial charge in [-0.2, -0.15) is 0 Å². The summed E-state index contributed by atoms with van der Waals surface area (Å²) in [5.74, 6) is 0. The minimum Gasteiger partial charge on any atom is -0.385 e. The fraction of sp³-hybridized carbons (Fsp3) is 0.667. The van der Waals surface area contributed by atoms with Crippen LogP contribution < -0.4 is 5.32 Å². The number of aryl methyl sites for hydroxylation is 1. The van der Waals surface area contributed by atoms with Gasteiger partial charge in [-0.15, -0.1) is 11.3 Å². The predicted octanol–water partition coefficient (Wildman–Crippen LogP) is 2.70. The molecule has 86 valence electrons. The molecule has 15 heavy (non-hydrogen) atoms. The summed E-state index contributed by atoms with van der Waals surface area (Å²) < 4.78 is 5.12. The minimum absolute atomic E-state index is 0.594. The van der Waals surface area contributed by atoms with Crippen molar-refractivity contribution in [1.82, 2.24) is 5.32 Å². The number of nitrogens with one attached hydrogen (secondary N) is 1. The SMILES string of the molecule is CCNC(CCOC)CCc1cccs1. The Morgan fingerprint density at radius 1 is 1.47 bits per heavy atom. The molecule has 0 aromatic carbocycles. The number of ether oxygens (including phenoxy) is 1. The van der Waals surface area contributed by atoms with Gasteiger partial charge in [0.05, 0.1) is 0 Å². The lowest BCUT2D eigenvalue weighted by Crippen LogP contribution is -2.30. The standard InChI is InChI=1S/C12H21NOS/c1-3-13-11(8-9-14-2)6-7-12-5-4-10-15-12/h4-5,10-11,13H,3,6-9H2,1-2H3. The first-order chi connectivity index (χ1) is 7.36. The molecule has 1 aromatic rings. The van der Waals surface area contributed by atoms with Gasteiger partial charge >= 0.3 is 0 Å². The molecule has 0 aliphatic carbocycles. The van der Waals surface area contributed by atoms with Gasteiger partial charge in [0.15, 0.2) is 0 Å². The van der Waals surface area contributed by atoms with E-state index < -0.39 is 0 Å². The lowest BCUT2D eigenvalue weighted by molar-refractivity contribution is 0.181. The maximum Gasteiger partial charge on any atom is 0.0477 e. The van der Waals surface area contributed by atoms with Gasteiger partial charge < -0.3 is 10.1 Å². The number of hydrogen-bond acceptors (Lipinski definition) is 3. The molecule has 3 heteroatoms. The third kappa shape index (κ3) is 5.30. The van der Waals surface area contributed by atoms with Crippen LogP contribution in [0.3, 0.4) is 0 Å². The molecule has 1 atom stereocenters. The highest BCUT2D eigenvalue weighted by atomic mass is 32.1. The Hall–Kier alpha value is -0.380. The summed E-state index contributed by atoms with van der Waals surface area (Å²) in [4.78, 5) is 1.48. The van der Waals surface area contributed by atoms with Gasteiger partial charge in [-0.05, 0) is 37.3 Å². The smallest absolute Gasteiger partial charge is 0.0477 e. The molecule has 1 heterocycles. The summed E-state index contributed by atoms with van der Waals surface area (Å²) >= 11 is 1.85. The van der Waals surface area contributed by atoms with E-state index in [0.29, 0.717) is 6.04 Å². The van der Waals surface area contributed by atoms with Gasteiger partial charge in [0, 0.05) is 24.6 Å². The third-order valence-electron chi connectivity index (χ3n) is 2.48. The molecule has 0 fully saturated rings. The van der Waals surface area contributed by atoms with E-state index in [-0.39, 0.29) is 0 Å². The van der Waals surface area contributed by atoms with Gasteiger partial charge in [-0.1, -0.05) is 13.0 Å². The zero-order valence-corrected chi connectivity index (χ0v) is 10.5.